The minimum absolute atomic E-state index is 0.0577. The van der Waals surface area contributed by atoms with Gasteiger partial charge in [0, 0.05) is 6.42 Å². The first kappa shape index (κ1) is 16.3. The highest BCUT2D eigenvalue weighted by molar-refractivity contribution is 5.87. The van der Waals surface area contributed by atoms with Crippen LogP contribution in [0.5, 0.6) is 5.75 Å². The Morgan fingerprint density at radius 3 is 2.27 bits per heavy atom. The topological polar surface area (TPSA) is 46.0 Å². The number of hydrogen-bond acceptors (Lipinski definition) is 3. The lowest BCUT2D eigenvalue weighted by atomic mass is 10.1. The predicted molar refractivity (Wildman–Crippen MR) is 65.2 cm³/mol. The highest BCUT2D eigenvalue weighted by Crippen LogP contribution is 2.33. The summed E-state index contributed by atoms with van der Waals surface area (Å²) in [6.07, 6.45) is -11.1. The summed E-state index contributed by atoms with van der Waals surface area (Å²) in [6.45, 7) is 0. The van der Waals surface area contributed by atoms with Crippen molar-refractivity contribution in [1.29, 1.82) is 0 Å². The highest BCUT2D eigenvalue weighted by Gasteiger charge is 2.36. The van der Waals surface area contributed by atoms with E-state index in [2.05, 4.69) is 9.97 Å². The summed E-state index contributed by atoms with van der Waals surface area (Å²) in [6, 6.07) is 3.75. The molecule has 0 fully saturated rings. The molecule has 0 amide bonds. The predicted octanol–water partition coefficient (Wildman–Crippen LogP) is 4.24. The first-order valence-electron chi connectivity index (χ1n) is 6.20. The van der Waals surface area contributed by atoms with Crippen molar-refractivity contribution in [2.75, 3.05) is 0 Å². The summed E-state index contributed by atoms with van der Waals surface area (Å²) in [5.41, 5.74) is -0.413. The third-order valence-corrected chi connectivity index (χ3v) is 2.90. The van der Waals surface area contributed by atoms with Crippen molar-refractivity contribution in [2.45, 2.75) is 31.6 Å². The van der Waals surface area contributed by atoms with Crippen LogP contribution < -0.4 is 0 Å². The van der Waals surface area contributed by atoms with E-state index in [9.17, 15) is 31.4 Å². The number of phenolic OH excluding ortho intramolecular Hbond substituents is 1. The lowest BCUT2D eigenvalue weighted by molar-refractivity contribution is -0.145. The molecule has 0 aliphatic carbocycles. The maximum atomic E-state index is 12.7. The van der Waals surface area contributed by atoms with Gasteiger partial charge in [0.05, 0.1) is 16.6 Å². The third-order valence-electron chi connectivity index (χ3n) is 2.90. The zero-order chi connectivity index (χ0) is 16.5. The number of aromatic nitrogens is 2. The third kappa shape index (κ3) is 3.77. The second-order valence-corrected chi connectivity index (χ2v) is 4.63. The Hall–Kier alpha value is -2.06. The van der Waals surface area contributed by atoms with Gasteiger partial charge in [-0.1, -0.05) is 6.07 Å². The molecule has 1 aromatic heterocycles. The van der Waals surface area contributed by atoms with Gasteiger partial charge in [-0.25, -0.2) is 9.97 Å². The molecule has 0 atom stereocenters. The standard InChI is InChI=1S/C13H10F6N2O/c14-12(15,16)6-2-4-8-10-7(3-1-5-9(10)22)20-11(21-8)13(17,18)19/h1,3,5,22H,2,4,6H2. The molecular formula is C13H10F6N2O. The van der Waals surface area contributed by atoms with Gasteiger partial charge in [-0.2, -0.15) is 26.3 Å². The average Bonchev–Trinajstić information content (AvgIpc) is 2.35. The molecule has 0 saturated carbocycles. The van der Waals surface area contributed by atoms with Gasteiger partial charge in [-0.3, -0.25) is 0 Å². The molecule has 0 spiro atoms. The molecule has 22 heavy (non-hydrogen) atoms. The van der Waals surface area contributed by atoms with Crippen molar-refractivity contribution in [2.24, 2.45) is 0 Å². The first-order chi connectivity index (χ1) is 10.1. The number of nitrogens with zero attached hydrogens (tertiary/aromatic N) is 2. The van der Waals surface area contributed by atoms with E-state index in [1.807, 2.05) is 0 Å². The fraction of sp³-hybridized carbons (Fsp3) is 0.385. The van der Waals surface area contributed by atoms with Crippen LogP contribution in [0.2, 0.25) is 0 Å². The quantitative estimate of drug-likeness (QED) is 0.859. The molecule has 9 heteroatoms. The molecule has 3 nitrogen and oxygen atoms in total. The molecule has 2 aromatic rings. The summed E-state index contributed by atoms with van der Waals surface area (Å²) in [7, 11) is 0. The van der Waals surface area contributed by atoms with Gasteiger partial charge in [0.15, 0.2) is 0 Å². The number of hydrogen-bond donors (Lipinski definition) is 1. The monoisotopic (exact) mass is 324 g/mol. The van der Waals surface area contributed by atoms with E-state index >= 15 is 0 Å². The minimum Gasteiger partial charge on any atom is -0.507 e. The number of fused-ring (bicyclic) bond motifs is 1. The fourth-order valence-corrected chi connectivity index (χ4v) is 2.00. The van der Waals surface area contributed by atoms with E-state index in [1.165, 1.54) is 18.2 Å². The number of aromatic hydroxyl groups is 1. The summed E-state index contributed by atoms with van der Waals surface area (Å²) in [5, 5.41) is 9.66. The second-order valence-electron chi connectivity index (χ2n) is 4.63. The van der Waals surface area contributed by atoms with Gasteiger partial charge in [-0.15, -0.1) is 0 Å². The summed E-state index contributed by atoms with van der Waals surface area (Å²) < 4.78 is 74.7. The van der Waals surface area contributed by atoms with E-state index in [4.69, 9.17) is 0 Å². The minimum atomic E-state index is -4.82. The molecule has 0 saturated heterocycles. The van der Waals surface area contributed by atoms with Crippen molar-refractivity contribution >= 4 is 10.9 Å². The van der Waals surface area contributed by atoms with Crippen LogP contribution in [0.4, 0.5) is 26.3 Å². The van der Waals surface area contributed by atoms with Crippen molar-refractivity contribution in [3.63, 3.8) is 0 Å². The number of alkyl halides is 6. The Kier molecular flexibility index (Phi) is 4.17. The van der Waals surface area contributed by atoms with Gasteiger partial charge in [0.2, 0.25) is 5.82 Å². The van der Waals surface area contributed by atoms with Gasteiger partial charge in [0.1, 0.15) is 5.75 Å². The Balaban J connectivity index is 2.45. The van der Waals surface area contributed by atoms with E-state index in [0.29, 0.717) is 0 Å². The molecule has 0 unspecified atom stereocenters. The first-order valence-corrected chi connectivity index (χ1v) is 6.20. The molecule has 0 bridgehead atoms. The highest BCUT2D eigenvalue weighted by atomic mass is 19.4. The number of aryl methyl sites for hydroxylation is 1. The zero-order valence-corrected chi connectivity index (χ0v) is 11.0. The fourth-order valence-electron chi connectivity index (χ4n) is 2.00. The number of rotatable bonds is 3. The normalized spacial score (nSPS) is 12.8. The van der Waals surface area contributed by atoms with E-state index in [0.717, 1.165) is 0 Å². The van der Waals surface area contributed by atoms with Crippen LogP contribution in [0.15, 0.2) is 18.2 Å². The molecular weight excluding hydrogens is 314 g/mol. The zero-order valence-electron chi connectivity index (χ0n) is 11.0. The van der Waals surface area contributed by atoms with Crippen LogP contribution in [-0.2, 0) is 12.6 Å². The van der Waals surface area contributed by atoms with Crippen molar-refractivity contribution < 1.29 is 31.4 Å². The number of phenols is 1. The smallest absolute Gasteiger partial charge is 0.451 e. The van der Waals surface area contributed by atoms with Gasteiger partial charge < -0.3 is 5.11 Å². The Morgan fingerprint density at radius 2 is 1.68 bits per heavy atom. The van der Waals surface area contributed by atoms with Crippen LogP contribution in [0, 0.1) is 0 Å². The summed E-state index contributed by atoms with van der Waals surface area (Å²) in [5.74, 6) is -1.80. The van der Waals surface area contributed by atoms with E-state index in [-0.39, 0.29) is 28.8 Å². The Labute approximate surface area is 120 Å². The van der Waals surface area contributed by atoms with Crippen LogP contribution >= 0.6 is 0 Å². The number of benzene rings is 1. The van der Waals surface area contributed by atoms with E-state index < -0.39 is 31.0 Å². The van der Waals surface area contributed by atoms with Crippen LogP contribution in [0.25, 0.3) is 10.9 Å². The molecule has 1 heterocycles. The van der Waals surface area contributed by atoms with Crippen LogP contribution in [0.3, 0.4) is 0 Å². The SMILES string of the molecule is Oc1cccc2nc(C(F)(F)F)nc(CCCC(F)(F)F)c12. The van der Waals surface area contributed by atoms with Crippen LogP contribution in [-0.4, -0.2) is 21.3 Å². The maximum Gasteiger partial charge on any atom is 0.451 e. The van der Waals surface area contributed by atoms with Crippen molar-refractivity contribution in [3.8, 4) is 5.75 Å². The Bertz CT molecular complexity index is 681. The van der Waals surface area contributed by atoms with Crippen molar-refractivity contribution in [3.05, 3.63) is 29.7 Å². The maximum absolute atomic E-state index is 12.7. The molecule has 0 aliphatic heterocycles. The largest absolute Gasteiger partial charge is 0.507 e. The average molecular weight is 324 g/mol. The second kappa shape index (κ2) is 5.62. The lowest BCUT2D eigenvalue weighted by Gasteiger charge is -2.12. The van der Waals surface area contributed by atoms with E-state index in [1.54, 1.807) is 0 Å². The summed E-state index contributed by atoms with van der Waals surface area (Å²) >= 11 is 0. The molecule has 0 aliphatic rings. The molecule has 1 aromatic carbocycles. The molecule has 2 rings (SSSR count). The summed E-state index contributed by atoms with van der Waals surface area (Å²) in [4.78, 5) is 6.60. The van der Waals surface area contributed by atoms with Gasteiger partial charge in [-0.05, 0) is 25.0 Å². The van der Waals surface area contributed by atoms with Crippen LogP contribution in [0.1, 0.15) is 24.4 Å². The molecule has 1 N–H and O–H groups in total. The van der Waals surface area contributed by atoms with Gasteiger partial charge >= 0.3 is 12.4 Å². The molecule has 0 radical (unpaired) electrons. The molecule has 120 valence electrons. The van der Waals surface area contributed by atoms with Crippen molar-refractivity contribution in [1.82, 2.24) is 9.97 Å². The Morgan fingerprint density at radius 1 is 1.00 bits per heavy atom. The lowest BCUT2D eigenvalue weighted by Crippen LogP contribution is -2.14. The van der Waals surface area contributed by atoms with Gasteiger partial charge in [0.25, 0.3) is 0 Å². The number of halogens is 6.